The van der Waals surface area contributed by atoms with Crippen molar-refractivity contribution in [1.82, 2.24) is 10.3 Å². The second-order valence-electron chi connectivity index (χ2n) is 6.59. The Morgan fingerprint density at radius 1 is 1.31 bits per heavy atom. The lowest BCUT2D eigenvalue weighted by molar-refractivity contribution is -0.119. The summed E-state index contributed by atoms with van der Waals surface area (Å²) in [5.41, 5.74) is 2.24. The number of carbonyl (C=O) groups excluding carboxylic acids is 2. The van der Waals surface area contributed by atoms with Gasteiger partial charge in [0.2, 0.25) is 5.91 Å². The van der Waals surface area contributed by atoms with Crippen molar-refractivity contribution in [1.29, 1.82) is 5.26 Å². The van der Waals surface area contributed by atoms with E-state index in [4.69, 9.17) is 4.74 Å². The van der Waals surface area contributed by atoms with Gasteiger partial charge in [-0.25, -0.2) is 9.78 Å². The van der Waals surface area contributed by atoms with E-state index >= 15 is 0 Å². The van der Waals surface area contributed by atoms with Crippen LogP contribution in [0.15, 0.2) is 41.4 Å². The number of nitrogens with zero attached hydrogens (tertiary/aromatic N) is 2. The van der Waals surface area contributed by atoms with E-state index in [9.17, 15) is 14.9 Å². The van der Waals surface area contributed by atoms with Gasteiger partial charge in [-0.1, -0.05) is 42.1 Å². The average Bonchev–Trinajstić information content (AvgIpc) is 2.71. The highest BCUT2D eigenvalue weighted by atomic mass is 32.2. The van der Waals surface area contributed by atoms with E-state index in [2.05, 4.69) is 22.4 Å². The first-order chi connectivity index (χ1) is 13.9. The normalized spacial score (nSPS) is 11.4. The van der Waals surface area contributed by atoms with Crippen molar-refractivity contribution in [2.75, 3.05) is 12.4 Å². The van der Waals surface area contributed by atoms with Crippen LogP contribution < -0.4 is 5.32 Å². The molecule has 1 heterocycles. The fourth-order valence-corrected chi connectivity index (χ4v) is 3.55. The van der Waals surface area contributed by atoms with Gasteiger partial charge in [-0.3, -0.25) is 4.79 Å². The van der Waals surface area contributed by atoms with Crippen LogP contribution in [0.3, 0.4) is 0 Å². The number of rotatable bonds is 9. The summed E-state index contributed by atoms with van der Waals surface area (Å²) < 4.78 is 4.99. The van der Waals surface area contributed by atoms with Crippen LogP contribution in [-0.2, 0) is 16.0 Å². The first-order valence-electron chi connectivity index (χ1n) is 9.49. The van der Waals surface area contributed by atoms with Crippen molar-refractivity contribution in [2.45, 2.75) is 44.7 Å². The fraction of sp³-hybridized carbons (Fsp3) is 0.364. The fourth-order valence-electron chi connectivity index (χ4n) is 2.74. The molecule has 1 N–H and O–H groups in total. The summed E-state index contributed by atoms with van der Waals surface area (Å²) in [4.78, 5) is 28.6. The van der Waals surface area contributed by atoms with Gasteiger partial charge in [0.15, 0.2) is 0 Å². The molecule has 0 radical (unpaired) electrons. The zero-order valence-electron chi connectivity index (χ0n) is 16.9. The quantitative estimate of drug-likeness (QED) is 0.500. The van der Waals surface area contributed by atoms with Crippen molar-refractivity contribution in [2.24, 2.45) is 0 Å². The van der Waals surface area contributed by atoms with Crippen LogP contribution in [-0.4, -0.2) is 35.3 Å². The summed E-state index contributed by atoms with van der Waals surface area (Å²) in [5, 5.41) is 12.8. The standard InChI is InChI=1S/C22H25N3O3S/c1-4-28-22(27)19-12-18(13-23)21(25-16(19)3)29-14-20(26)24-15(2)10-11-17-8-6-5-7-9-17/h5-9,12,15H,4,10-11,14H2,1-3H3,(H,24,26)/t15-/m1/s1. The Morgan fingerprint density at radius 3 is 2.69 bits per heavy atom. The molecule has 0 spiro atoms. The molecule has 2 rings (SSSR count). The molecule has 7 heteroatoms. The average molecular weight is 412 g/mol. The molecule has 0 bridgehead atoms. The number of nitriles is 1. The molecule has 1 aromatic carbocycles. The summed E-state index contributed by atoms with van der Waals surface area (Å²) in [6.07, 6.45) is 1.74. The maximum Gasteiger partial charge on any atom is 0.340 e. The van der Waals surface area contributed by atoms with Crippen molar-refractivity contribution >= 4 is 23.6 Å². The molecule has 0 saturated heterocycles. The second kappa shape index (κ2) is 11.2. The monoisotopic (exact) mass is 411 g/mol. The zero-order valence-corrected chi connectivity index (χ0v) is 17.7. The Balaban J connectivity index is 1.91. The molecule has 0 aliphatic heterocycles. The van der Waals surface area contributed by atoms with Crippen LogP contribution in [0.25, 0.3) is 0 Å². The third-order valence-corrected chi connectivity index (χ3v) is 5.24. The Bertz CT molecular complexity index is 894. The highest BCUT2D eigenvalue weighted by molar-refractivity contribution is 8.00. The van der Waals surface area contributed by atoms with Crippen LogP contribution in [0.1, 0.15) is 47.4 Å². The molecule has 0 fully saturated rings. The first kappa shape index (κ1) is 22.4. The minimum Gasteiger partial charge on any atom is -0.462 e. The van der Waals surface area contributed by atoms with Gasteiger partial charge in [0, 0.05) is 6.04 Å². The van der Waals surface area contributed by atoms with Crippen LogP contribution in [0.4, 0.5) is 0 Å². The first-order valence-corrected chi connectivity index (χ1v) is 10.5. The molecule has 29 heavy (non-hydrogen) atoms. The highest BCUT2D eigenvalue weighted by Crippen LogP contribution is 2.23. The summed E-state index contributed by atoms with van der Waals surface area (Å²) in [7, 11) is 0. The van der Waals surface area contributed by atoms with Crippen LogP contribution in [0.5, 0.6) is 0 Å². The summed E-state index contributed by atoms with van der Waals surface area (Å²) in [5.74, 6) is -0.473. The maximum atomic E-state index is 12.3. The van der Waals surface area contributed by atoms with Gasteiger partial charge in [-0.15, -0.1) is 0 Å². The van der Waals surface area contributed by atoms with Gasteiger partial charge < -0.3 is 10.1 Å². The number of aryl methyl sites for hydroxylation is 2. The number of hydrogen-bond acceptors (Lipinski definition) is 6. The lowest BCUT2D eigenvalue weighted by Crippen LogP contribution is -2.34. The zero-order chi connectivity index (χ0) is 21.2. The van der Waals surface area contributed by atoms with Crippen LogP contribution in [0, 0.1) is 18.3 Å². The van der Waals surface area contributed by atoms with Gasteiger partial charge in [0.05, 0.1) is 29.2 Å². The van der Waals surface area contributed by atoms with E-state index in [0.717, 1.165) is 12.8 Å². The topological polar surface area (TPSA) is 92.1 Å². The summed E-state index contributed by atoms with van der Waals surface area (Å²) >= 11 is 1.19. The molecule has 1 amide bonds. The minimum atomic E-state index is -0.504. The Kier molecular flexibility index (Phi) is 8.68. The second-order valence-corrected chi connectivity index (χ2v) is 7.55. The lowest BCUT2D eigenvalue weighted by atomic mass is 10.1. The Labute approximate surface area is 175 Å². The van der Waals surface area contributed by atoms with Crippen molar-refractivity contribution < 1.29 is 14.3 Å². The molecule has 2 aromatic rings. The molecular formula is C22H25N3O3S. The molecule has 0 aliphatic rings. The van der Waals surface area contributed by atoms with Gasteiger partial charge in [0.1, 0.15) is 11.1 Å². The largest absolute Gasteiger partial charge is 0.462 e. The lowest BCUT2D eigenvalue weighted by Gasteiger charge is -2.14. The van der Waals surface area contributed by atoms with E-state index < -0.39 is 5.97 Å². The number of pyridine rings is 1. The van der Waals surface area contributed by atoms with E-state index in [-0.39, 0.29) is 35.4 Å². The summed E-state index contributed by atoms with van der Waals surface area (Å²) in [6.45, 7) is 5.63. The molecule has 0 unspecified atom stereocenters. The number of nitrogens with one attached hydrogen (secondary N) is 1. The van der Waals surface area contributed by atoms with Crippen molar-refractivity contribution in [3.8, 4) is 6.07 Å². The molecular weight excluding hydrogens is 386 g/mol. The number of esters is 1. The van der Waals surface area contributed by atoms with Gasteiger partial charge in [-0.05, 0) is 45.2 Å². The number of ether oxygens (including phenoxy) is 1. The molecule has 6 nitrogen and oxygen atoms in total. The Morgan fingerprint density at radius 2 is 2.03 bits per heavy atom. The number of carbonyl (C=O) groups is 2. The van der Waals surface area contributed by atoms with Crippen molar-refractivity contribution in [3.63, 3.8) is 0 Å². The third-order valence-electron chi connectivity index (χ3n) is 4.25. The van der Waals surface area contributed by atoms with E-state index in [1.807, 2.05) is 31.2 Å². The van der Waals surface area contributed by atoms with Gasteiger partial charge in [-0.2, -0.15) is 5.26 Å². The molecule has 0 saturated carbocycles. The van der Waals surface area contributed by atoms with Gasteiger partial charge in [0.25, 0.3) is 0 Å². The predicted octanol–water partition coefficient (Wildman–Crippen LogP) is 3.67. The van der Waals surface area contributed by atoms with E-state index in [1.165, 1.54) is 23.4 Å². The smallest absolute Gasteiger partial charge is 0.340 e. The van der Waals surface area contributed by atoms with Crippen molar-refractivity contribution in [3.05, 3.63) is 58.8 Å². The number of amides is 1. The number of hydrogen-bond donors (Lipinski definition) is 1. The molecule has 152 valence electrons. The molecule has 1 aromatic heterocycles. The van der Waals surface area contributed by atoms with E-state index in [1.54, 1.807) is 13.8 Å². The highest BCUT2D eigenvalue weighted by Gasteiger charge is 2.17. The van der Waals surface area contributed by atoms with Crippen LogP contribution >= 0.6 is 11.8 Å². The van der Waals surface area contributed by atoms with Crippen LogP contribution in [0.2, 0.25) is 0 Å². The number of aromatic nitrogens is 1. The van der Waals surface area contributed by atoms with Gasteiger partial charge >= 0.3 is 5.97 Å². The molecule has 1 atom stereocenters. The summed E-state index contributed by atoms with van der Waals surface area (Å²) in [6, 6.07) is 13.7. The number of thioether (sulfide) groups is 1. The predicted molar refractivity (Wildman–Crippen MR) is 113 cm³/mol. The molecule has 0 aliphatic carbocycles. The maximum absolute atomic E-state index is 12.3. The number of benzene rings is 1. The Hall–Kier alpha value is -2.85. The third kappa shape index (κ3) is 6.91. The van der Waals surface area contributed by atoms with E-state index in [0.29, 0.717) is 10.7 Å². The SMILES string of the molecule is CCOC(=O)c1cc(C#N)c(SCC(=O)N[C@H](C)CCc2ccccc2)nc1C. The minimum absolute atomic E-state index is 0.0413.